The van der Waals surface area contributed by atoms with Crippen molar-refractivity contribution in [1.82, 2.24) is 5.32 Å². The molecule has 0 fully saturated rings. The van der Waals surface area contributed by atoms with E-state index in [-0.39, 0.29) is 11.9 Å². The minimum Gasteiger partial charge on any atom is -0.381 e. The van der Waals surface area contributed by atoms with Gasteiger partial charge in [-0.3, -0.25) is 9.52 Å². The quantitative estimate of drug-likeness (QED) is 0.591. The first-order chi connectivity index (χ1) is 13.2. The van der Waals surface area contributed by atoms with Gasteiger partial charge >= 0.3 is 0 Å². The van der Waals surface area contributed by atoms with Crippen molar-refractivity contribution in [3.63, 3.8) is 0 Å². The summed E-state index contributed by atoms with van der Waals surface area (Å²) in [5.41, 5.74) is 3.11. The molecule has 1 unspecified atom stereocenters. The normalized spacial score (nSPS) is 12.5. The lowest BCUT2D eigenvalue weighted by atomic mass is 10.1. The van der Waals surface area contributed by atoms with Crippen LogP contribution in [0.1, 0.15) is 50.0 Å². The number of amides is 1. The van der Waals surface area contributed by atoms with Crippen LogP contribution in [0.25, 0.3) is 0 Å². The van der Waals surface area contributed by atoms with Gasteiger partial charge in [0.25, 0.3) is 5.91 Å². The Morgan fingerprint density at radius 2 is 1.50 bits per heavy atom. The van der Waals surface area contributed by atoms with Gasteiger partial charge in [-0.15, -0.1) is 0 Å². The van der Waals surface area contributed by atoms with E-state index >= 15 is 0 Å². The molecule has 152 valence electrons. The molecule has 0 bridgehead atoms. The Balaban J connectivity index is 1.91. The lowest BCUT2D eigenvalue weighted by molar-refractivity contribution is 0.0939. The number of hydrogen-bond acceptors (Lipinski definition) is 4. The molecule has 3 N–H and O–H groups in total. The van der Waals surface area contributed by atoms with Gasteiger partial charge in [0.2, 0.25) is 10.0 Å². The Bertz CT molecular complexity index is 876. The molecule has 0 spiro atoms. The summed E-state index contributed by atoms with van der Waals surface area (Å²) in [5.74, 6) is -0.0691. The maximum Gasteiger partial charge on any atom is 0.251 e. The van der Waals surface area contributed by atoms with Crippen LogP contribution in [0, 0.1) is 0 Å². The van der Waals surface area contributed by atoms with Gasteiger partial charge in [-0.1, -0.05) is 19.1 Å². The molecule has 7 heteroatoms. The van der Waals surface area contributed by atoms with E-state index in [0.717, 1.165) is 17.7 Å². The highest BCUT2D eigenvalue weighted by molar-refractivity contribution is 7.93. The lowest BCUT2D eigenvalue weighted by Crippen LogP contribution is -2.31. The average Bonchev–Trinajstić information content (AvgIpc) is 2.67. The molecular weight excluding hydrogens is 374 g/mol. The molecule has 0 aliphatic carbocycles. The Hall–Kier alpha value is -2.54. The number of sulfonamides is 1. The highest BCUT2D eigenvalue weighted by Gasteiger charge is 2.15. The van der Waals surface area contributed by atoms with Crippen molar-refractivity contribution < 1.29 is 13.2 Å². The molecule has 0 saturated carbocycles. The monoisotopic (exact) mass is 403 g/mol. The van der Waals surface area contributed by atoms with Gasteiger partial charge < -0.3 is 10.6 Å². The van der Waals surface area contributed by atoms with Crippen LogP contribution >= 0.6 is 0 Å². The van der Waals surface area contributed by atoms with E-state index in [1.807, 2.05) is 38.1 Å². The van der Waals surface area contributed by atoms with Gasteiger partial charge in [-0.2, -0.15) is 0 Å². The Morgan fingerprint density at radius 3 is 2.04 bits per heavy atom. The number of carbonyl (C=O) groups is 1. The van der Waals surface area contributed by atoms with Crippen LogP contribution in [0.4, 0.5) is 11.4 Å². The molecule has 0 aliphatic rings. The molecule has 2 rings (SSSR count). The molecule has 0 aliphatic heterocycles. The maximum absolute atomic E-state index is 12.1. The van der Waals surface area contributed by atoms with Crippen LogP contribution in [0.3, 0.4) is 0 Å². The average molecular weight is 404 g/mol. The number of rotatable bonds is 9. The fourth-order valence-corrected chi connectivity index (χ4v) is 3.03. The van der Waals surface area contributed by atoms with Gasteiger partial charge in [0, 0.05) is 29.5 Å². The summed E-state index contributed by atoms with van der Waals surface area (Å²) in [6, 6.07) is 14.7. The largest absolute Gasteiger partial charge is 0.381 e. The van der Waals surface area contributed by atoms with E-state index in [1.54, 1.807) is 38.1 Å². The van der Waals surface area contributed by atoms with Crippen molar-refractivity contribution in [3.05, 3.63) is 59.7 Å². The molecule has 2 aromatic carbocycles. The molecule has 28 heavy (non-hydrogen) atoms. The first kappa shape index (κ1) is 21.8. The number of carbonyl (C=O) groups excluding carboxylic acids is 1. The minimum absolute atomic E-state index is 0.0691. The first-order valence-electron chi connectivity index (χ1n) is 9.46. The molecule has 0 heterocycles. The Morgan fingerprint density at radius 1 is 0.929 bits per heavy atom. The van der Waals surface area contributed by atoms with Crippen LogP contribution in [0.15, 0.2) is 48.5 Å². The highest BCUT2D eigenvalue weighted by atomic mass is 32.2. The van der Waals surface area contributed by atoms with Gasteiger partial charge in [0.1, 0.15) is 0 Å². The lowest BCUT2D eigenvalue weighted by Gasteiger charge is -2.13. The topological polar surface area (TPSA) is 87.3 Å². The number of nitrogens with one attached hydrogen (secondary N) is 3. The van der Waals surface area contributed by atoms with Crippen LogP contribution < -0.4 is 15.4 Å². The SMILES string of the molecule is CCC(C)NC(=O)c1ccc(NCc2ccc(NS(=O)(=O)C(C)C)cc2)cc1. The second-order valence-corrected chi connectivity index (χ2v) is 9.34. The zero-order chi connectivity index (χ0) is 20.7. The second kappa shape index (κ2) is 9.59. The first-order valence-corrected chi connectivity index (χ1v) is 11.0. The Kier molecular flexibility index (Phi) is 7.45. The zero-order valence-electron chi connectivity index (χ0n) is 16.8. The summed E-state index contributed by atoms with van der Waals surface area (Å²) in [6.45, 7) is 7.88. The summed E-state index contributed by atoms with van der Waals surface area (Å²) in [6.07, 6.45) is 0.892. The van der Waals surface area contributed by atoms with Crippen molar-refractivity contribution >= 4 is 27.3 Å². The number of hydrogen-bond donors (Lipinski definition) is 3. The molecule has 0 aromatic heterocycles. The molecule has 0 radical (unpaired) electrons. The summed E-state index contributed by atoms with van der Waals surface area (Å²) < 4.78 is 26.4. The Labute approximate surface area is 167 Å². The van der Waals surface area contributed by atoms with E-state index in [4.69, 9.17) is 0 Å². The van der Waals surface area contributed by atoms with E-state index in [2.05, 4.69) is 15.4 Å². The molecule has 1 atom stereocenters. The summed E-state index contributed by atoms with van der Waals surface area (Å²) in [5, 5.41) is 5.76. The third-order valence-corrected chi connectivity index (χ3v) is 6.23. The van der Waals surface area contributed by atoms with Gasteiger partial charge in [-0.05, 0) is 69.2 Å². The summed E-state index contributed by atoms with van der Waals surface area (Å²) in [7, 11) is -3.34. The fourth-order valence-electron chi connectivity index (χ4n) is 2.33. The standard InChI is InChI=1S/C21H29N3O3S/c1-5-16(4)23-21(25)18-8-12-19(13-9-18)22-14-17-6-10-20(11-7-17)24-28(26,27)15(2)3/h6-13,15-16,22,24H,5,14H2,1-4H3,(H,23,25). The smallest absolute Gasteiger partial charge is 0.251 e. The fraction of sp³-hybridized carbons (Fsp3) is 0.381. The van der Waals surface area contributed by atoms with E-state index in [0.29, 0.717) is 17.8 Å². The molecule has 2 aromatic rings. The molecule has 6 nitrogen and oxygen atoms in total. The van der Waals surface area contributed by atoms with Gasteiger partial charge in [-0.25, -0.2) is 8.42 Å². The number of anilines is 2. The predicted octanol–water partition coefficient (Wildman–Crippen LogP) is 3.98. The van der Waals surface area contributed by atoms with Crippen LogP contribution in [-0.2, 0) is 16.6 Å². The second-order valence-electron chi connectivity index (χ2n) is 7.11. The predicted molar refractivity (Wildman–Crippen MR) is 115 cm³/mol. The van der Waals surface area contributed by atoms with Crippen LogP contribution in [0.2, 0.25) is 0 Å². The van der Waals surface area contributed by atoms with E-state index in [1.165, 1.54) is 0 Å². The van der Waals surface area contributed by atoms with Crippen molar-refractivity contribution in [2.24, 2.45) is 0 Å². The zero-order valence-corrected chi connectivity index (χ0v) is 17.6. The van der Waals surface area contributed by atoms with E-state index in [9.17, 15) is 13.2 Å². The van der Waals surface area contributed by atoms with Crippen LogP contribution in [-0.4, -0.2) is 25.6 Å². The minimum atomic E-state index is -3.34. The van der Waals surface area contributed by atoms with Crippen molar-refractivity contribution in [1.29, 1.82) is 0 Å². The van der Waals surface area contributed by atoms with Crippen molar-refractivity contribution in [2.45, 2.75) is 52.0 Å². The maximum atomic E-state index is 12.1. The van der Waals surface area contributed by atoms with Crippen molar-refractivity contribution in [2.75, 3.05) is 10.0 Å². The van der Waals surface area contributed by atoms with E-state index < -0.39 is 15.3 Å². The summed E-state index contributed by atoms with van der Waals surface area (Å²) >= 11 is 0. The van der Waals surface area contributed by atoms with Gasteiger partial charge in [0.05, 0.1) is 5.25 Å². The molecular formula is C21H29N3O3S. The van der Waals surface area contributed by atoms with Gasteiger partial charge in [0.15, 0.2) is 0 Å². The molecule has 0 saturated heterocycles. The number of benzene rings is 2. The van der Waals surface area contributed by atoms with Crippen molar-refractivity contribution in [3.8, 4) is 0 Å². The third kappa shape index (κ3) is 6.27. The third-order valence-electron chi connectivity index (χ3n) is 4.47. The summed E-state index contributed by atoms with van der Waals surface area (Å²) in [4.78, 5) is 12.1. The van der Waals surface area contributed by atoms with Crippen LogP contribution in [0.5, 0.6) is 0 Å². The molecule has 1 amide bonds. The highest BCUT2D eigenvalue weighted by Crippen LogP contribution is 2.15.